The summed E-state index contributed by atoms with van der Waals surface area (Å²) < 4.78 is 4.91. The lowest BCUT2D eigenvalue weighted by molar-refractivity contribution is -0.142. The van der Waals surface area contributed by atoms with Gasteiger partial charge < -0.3 is 15.0 Å². The van der Waals surface area contributed by atoms with E-state index in [2.05, 4.69) is 41.4 Å². The lowest BCUT2D eigenvalue weighted by atomic mass is 10.0. The summed E-state index contributed by atoms with van der Waals surface area (Å²) in [7, 11) is 1.45. The first-order chi connectivity index (χ1) is 9.76. The number of rotatable bonds is 6. The van der Waals surface area contributed by atoms with E-state index < -0.39 is 0 Å². The minimum absolute atomic E-state index is 0.179. The predicted molar refractivity (Wildman–Crippen MR) is 81.1 cm³/mol. The Kier molecular flexibility index (Phi) is 5.41. The predicted octanol–water partition coefficient (Wildman–Crippen LogP) is 1.98. The average molecular weight is 276 g/mol. The third kappa shape index (κ3) is 3.51. The van der Waals surface area contributed by atoms with Gasteiger partial charge in [-0.2, -0.15) is 0 Å². The number of anilines is 1. The molecule has 0 fully saturated rings. The van der Waals surface area contributed by atoms with Crippen LogP contribution in [0.15, 0.2) is 24.3 Å². The van der Waals surface area contributed by atoms with Gasteiger partial charge in [0.15, 0.2) is 0 Å². The molecule has 1 aromatic carbocycles. The summed E-state index contributed by atoms with van der Waals surface area (Å²) in [6, 6.07) is 8.20. The number of ether oxygens (including phenoxy) is 1. The summed E-state index contributed by atoms with van der Waals surface area (Å²) >= 11 is 0. The summed E-state index contributed by atoms with van der Waals surface area (Å²) in [6.45, 7) is 4.59. The van der Waals surface area contributed by atoms with E-state index >= 15 is 0 Å². The molecule has 0 saturated carbocycles. The molecule has 0 amide bonds. The summed E-state index contributed by atoms with van der Waals surface area (Å²) in [5.41, 5.74) is 2.63. The Morgan fingerprint density at radius 1 is 1.45 bits per heavy atom. The molecular weight excluding hydrogens is 252 g/mol. The molecule has 1 unspecified atom stereocenters. The monoisotopic (exact) mass is 276 g/mol. The highest BCUT2D eigenvalue weighted by Gasteiger charge is 2.24. The number of fused-ring (bicyclic) bond motifs is 1. The lowest BCUT2D eigenvalue weighted by Crippen LogP contribution is -2.48. The highest BCUT2D eigenvalue weighted by atomic mass is 16.5. The molecule has 0 spiro atoms. The molecule has 4 heteroatoms. The maximum atomic E-state index is 11.9. The Hall–Kier alpha value is -1.55. The molecule has 0 radical (unpaired) electrons. The molecule has 0 bridgehead atoms. The molecule has 1 atom stereocenters. The Morgan fingerprint density at radius 2 is 2.25 bits per heavy atom. The number of carbonyl (C=O) groups excluding carboxylic acids is 1. The highest BCUT2D eigenvalue weighted by Crippen LogP contribution is 2.26. The van der Waals surface area contributed by atoms with Crippen LogP contribution >= 0.6 is 0 Å². The molecule has 0 aliphatic carbocycles. The van der Waals surface area contributed by atoms with E-state index in [9.17, 15) is 4.79 Å². The smallest absolute Gasteiger partial charge is 0.324 e. The molecule has 1 aliphatic rings. The quantitative estimate of drug-likeness (QED) is 0.807. The van der Waals surface area contributed by atoms with Crippen LogP contribution in [-0.2, 0) is 16.0 Å². The van der Waals surface area contributed by atoms with E-state index in [4.69, 9.17) is 4.74 Å². The van der Waals surface area contributed by atoms with Crippen LogP contribution in [0, 0.1) is 0 Å². The van der Waals surface area contributed by atoms with Crippen LogP contribution in [0.25, 0.3) is 0 Å². The standard InChI is InChI=1S/C16H24N2O2/c1-3-10-17-14(16(19)20-2)12-18-11-6-8-13-7-4-5-9-15(13)18/h4-5,7,9,14,17H,3,6,8,10-12H2,1-2H3. The molecule has 1 aliphatic heterocycles. The average Bonchev–Trinajstić information content (AvgIpc) is 2.50. The van der Waals surface area contributed by atoms with Gasteiger partial charge in [0.2, 0.25) is 0 Å². The van der Waals surface area contributed by atoms with Gasteiger partial charge in [0.25, 0.3) is 0 Å². The van der Waals surface area contributed by atoms with E-state index in [0.29, 0.717) is 6.54 Å². The van der Waals surface area contributed by atoms with Gasteiger partial charge in [0, 0.05) is 18.8 Å². The summed E-state index contributed by atoms with van der Waals surface area (Å²) in [5.74, 6) is -0.179. The van der Waals surface area contributed by atoms with Gasteiger partial charge in [0.1, 0.15) is 6.04 Å². The van der Waals surface area contributed by atoms with Crippen molar-refractivity contribution in [2.75, 3.05) is 31.6 Å². The number of esters is 1. The van der Waals surface area contributed by atoms with Gasteiger partial charge in [-0.05, 0) is 37.4 Å². The maximum Gasteiger partial charge on any atom is 0.324 e. The number of nitrogens with zero attached hydrogens (tertiary/aromatic N) is 1. The first kappa shape index (κ1) is 14.9. The Balaban J connectivity index is 2.09. The Labute approximate surface area is 121 Å². The van der Waals surface area contributed by atoms with Crippen LogP contribution in [0.2, 0.25) is 0 Å². The highest BCUT2D eigenvalue weighted by molar-refractivity contribution is 5.76. The van der Waals surface area contributed by atoms with Gasteiger partial charge >= 0.3 is 5.97 Å². The number of hydrogen-bond donors (Lipinski definition) is 1. The van der Waals surface area contributed by atoms with Crippen LogP contribution in [0.3, 0.4) is 0 Å². The molecule has 2 rings (SSSR count). The van der Waals surface area contributed by atoms with Gasteiger partial charge in [-0.15, -0.1) is 0 Å². The van der Waals surface area contributed by atoms with Crippen molar-refractivity contribution in [1.29, 1.82) is 0 Å². The maximum absolute atomic E-state index is 11.9. The summed E-state index contributed by atoms with van der Waals surface area (Å²) in [6.07, 6.45) is 3.26. The number of hydrogen-bond acceptors (Lipinski definition) is 4. The topological polar surface area (TPSA) is 41.6 Å². The van der Waals surface area contributed by atoms with Gasteiger partial charge in [-0.3, -0.25) is 4.79 Å². The molecule has 0 saturated heterocycles. The van der Waals surface area contributed by atoms with Crippen LogP contribution in [-0.4, -0.2) is 38.8 Å². The van der Waals surface area contributed by atoms with Crippen LogP contribution in [0.4, 0.5) is 5.69 Å². The molecule has 110 valence electrons. The van der Waals surface area contributed by atoms with E-state index in [1.54, 1.807) is 0 Å². The second kappa shape index (κ2) is 7.29. The molecule has 0 aromatic heterocycles. The summed E-state index contributed by atoms with van der Waals surface area (Å²) in [5, 5.41) is 3.28. The van der Waals surface area contributed by atoms with E-state index in [1.165, 1.54) is 18.4 Å². The zero-order valence-corrected chi connectivity index (χ0v) is 12.4. The van der Waals surface area contributed by atoms with Crippen molar-refractivity contribution in [3.63, 3.8) is 0 Å². The van der Waals surface area contributed by atoms with Crippen molar-refractivity contribution in [3.8, 4) is 0 Å². The van der Waals surface area contributed by atoms with Crippen molar-refractivity contribution in [2.24, 2.45) is 0 Å². The van der Waals surface area contributed by atoms with Crippen molar-refractivity contribution >= 4 is 11.7 Å². The van der Waals surface area contributed by atoms with Crippen LogP contribution in [0.5, 0.6) is 0 Å². The van der Waals surface area contributed by atoms with Gasteiger partial charge in [-0.1, -0.05) is 25.1 Å². The lowest BCUT2D eigenvalue weighted by Gasteiger charge is -2.33. The molecule has 1 aromatic rings. The fourth-order valence-electron chi connectivity index (χ4n) is 2.70. The zero-order valence-electron chi connectivity index (χ0n) is 12.4. The number of methoxy groups -OCH3 is 1. The number of aryl methyl sites for hydroxylation is 1. The minimum Gasteiger partial charge on any atom is -0.468 e. The van der Waals surface area contributed by atoms with Crippen LogP contribution < -0.4 is 10.2 Å². The Bertz CT molecular complexity index is 448. The van der Waals surface area contributed by atoms with Crippen LogP contribution in [0.1, 0.15) is 25.3 Å². The Morgan fingerprint density at radius 3 is 3.00 bits per heavy atom. The number of nitrogens with one attached hydrogen (secondary N) is 1. The molecule has 1 heterocycles. The largest absolute Gasteiger partial charge is 0.468 e. The zero-order chi connectivity index (χ0) is 14.4. The van der Waals surface area contributed by atoms with Crippen molar-refractivity contribution < 1.29 is 9.53 Å². The fourth-order valence-corrected chi connectivity index (χ4v) is 2.70. The second-order valence-electron chi connectivity index (χ2n) is 5.21. The molecule has 20 heavy (non-hydrogen) atoms. The van der Waals surface area contributed by atoms with Crippen molar-refractivity contribution in [2.45, 2.75) is 32.2 Å². The second-order valence-corrected chi connectivity index (χ2v) is 5.21. The van der Waals surface area contributed by atoms with Crippen molar-refractivity contribution in [1.82, 2.24) is 5.32 Å². The van der Waals surface area contributed by atoms with Gasteiger partial charge in [0.05, 0.1) is 7.11 Å². The van der Waals surface area contributed by atoms with E-state index in [1.807, 2.05) is 0 Å². The first-order valence-electron chi connectivity index (χ1n) is 7.40. The first-order valence-corrected chi connectivity index (χ1v) is 7.40. The number of para-hydroxylation sites is 1. The molecule has 1 N–H and O–H groups in total. The van der Waals surface area contributed by atoms with Crippen molar-refractivity contribution in [3.05, 3.63) is 29.8 Å². The van der Waals surface area contributed by atoms with Gasteiger partial charge in [-0.25, -0.2) is 0 Å². The normalized spacial score (nSPS) is 15.6. The number of carbonyl (C=O) groups is 1. The molecule has 4 nitrogen and oxygen atoms in total. The van der Waals surface area contributed by atoms with E-state index in [0.717, 1.165) is 32.4 Å². The molecular formula is C16H24N2O2. The fraction of sp³-hybridized carbons (Fsp3) is 0.562. The third-order valence-corrected chi connectivity index (χ3v) is 3.74. The third-order valence-electron chi connectivity index (χ3n) is 3.74. The number of benzene rings is 1. The minimum atomic E-state index is -0.258. The van der Waals surface area contributed by atoms with E-state index in [-0.39, 0.29) is 12.0 Å². The summed E-state index contributed by atoms with van der Waals surface area (Å²) in [4.78, 5) is 14.2. The SMILES string of the molecule is CCCNC(CN1CCCc2ccccc21)C(=O)OC.